The quantitative estimate of drug-likeness (QED) is 0.758. The Hall–Kier alpha value is -2.56. The van der Waals surface area contributed by atoms with Crippen molar-refractivity contribution in [2.24, 2.45) is 0 Å². The maximum absolute atomic E-state index is 4.64. The lowest BCUT2D eigenvalue weighted by Gasteiger charge is -2.20. The zero-order valence-corrected chi connectivity index (χ0v) is 13.9. The Bertz CT molecular complexity index is 763. The number of anilines is 2. The van der Waals surface area contributed by atoms with E-state index in [1.165, 1.54) is 5.69 Å². The highest BCUT2D eigenvalue weighted by atomic mass is 15.3. The molecule has 120 valence electrons. The molecule has 0 spiro atoms. The predicted molar refractivity (Wildman–Crippen MR) is 95.3 cm³/mol. The van der Waals surface area contributed by atoms with Crippen molar-refractivity contribution in [3.05, 3.63) is 54.4 Å². The van der Waals surface area contributed by atoms with E-state index in [2.05, 4.69) is 71.5 Å². The molecule has 2 heterocycles. The second-order valence-electron chi connectivity index (χ2n) is 6.01. The molecule has 1 N–H and O–H groups in total. The third-order valence-electron chi connectivity index (χ3n) is 3.92. The summed E-state index contributed by atoms with van der Waals surface area (Å²) in [7, 11) is 2.10. The van der Waals surface area contributed by atoms with Gasteiger partial charge in [-0.1, -0.05) is 32.0 Å². The lowest BCUT2D eigenvalue weighted by molar-refractivity contribution is 0.806. The predicted octanol–water partition coefficient (Wildman–Crippen LogP) is 3.40. The van der Waals surface area contributed by atoms with Crippen molar-refractivity contribution >= 4 is 17.2 Å². The normalized spacial score (nSPS) is 11.1. The van der Waals surface area contributed by atoms with Gasteiger partial charge in [-0.25, -0.2) is 4.98 Å². The van der Waals surface area contributed by atoms with Crippen molar-refractivity contribution < 1.29 is 0 Å². The summed E-state index contributed by atoms with van der Waals surface area (Å²) in [6.07, 6.45) is 1.79. The van der Waals surface area contributed by atoms with Crippen LogP contribution < -0.4 is 10.2 Å². The molecule has 0 unspecified atom stereocenters. The first-order valence-corrected chi connectivity index (χ1v) is 8.00. The van der Waals surface area contributed by atoms with E-state index in [-0.39, 0.29) is 0 Å². The van der Waals surface area contributed by atoms with Crippen LogP contribution in [-0.4, -0.2) is 34.7 Å². The van der Waals surface area contributed by atoms with Gasteiger partial charge in [-0.3, -0.25) is 0 Å². The number of likely N-dealkylation sites (N-methyl/N-ethyl adjacent to an activating group) is 1. The summed E-state index contributed by atoms with van der Waals surface area (Å²) in [5.41, 5.74) is 3.18. The molecule has 0 saturated carbocycles. The van der Waals surface area contributed by atoms with Crippen LogP contribution in [0.4, 0.5) is 11.5 Å². The molecule has 0 aliphatic rings. The number of rotatable bonds is 6. The van der Waals surface area contributed by atoms with Crippen molar-refractivity contribution in [1.29, 1.82) is 0 Å². The highest BCUT2D eigenvalue weighted by Gasteiger charge is 2.09. The smallest absolute Gasteiger partial charge is 0.157 e. The highest BCUT2D eigenvalue weighted by molar-refractivity contribution is 5.50. The lowest BCUT2D eigenvalue weighted by Crippen LogP contribution is -2.25. The average Bonchev–Trinajstić information content (AvgIpc) is 3.04. The number of fused-ring (bicyclic) bond motifs is 1. The van der Waals surface area contributed by atoms with Gasteiger partial charge in [0.1, 0.15) is 5.82 Å². The molecule has 0 bridgehead atoms. The van der Waals surface area contributed by atoms with Crippen LogP contribution in [0.15, 0.2) is 48.7 Å². The number of aromatic nitrogens is 3. The fourth-order valence-corrected chi connectivity index (χ4v) is 2.52. The molecule has 2 aromatic heterocycles. The summed E-state index contributed by atoms with van der Waals surface area (Å²) in [6, 6.07) is 14.4. The van der Waals surface area contributed by atoms with Crippen molar-refractivity contribution in [2.75, 3.05) is 30.4 Å². The van der Waals surface area contributed by atoms with Crippen molar-refractivity contribution in [3.63, 3.8) is 0 Å². The first kappa shape index (κ1) is 15.3. The fraction of sp³-hybridized carbons (Fsp3) is 0.333. The van der Waals surface area contributed by atoms with Gasteiger partial charge in [0.25, 0.3) is 0 Å². The van der Waals surface area contributed by atoms with E-state index in [4.69, 9.17) is 0 Å². The van der Waals surface area contributed by atoms with Crippen LogP contribution in [0.1, 0.15) is 25.5 Å². The van der Waals surface area contributed by atoms with Crippen LogP contribution in [0.5, 0.6) is 0 Å². The van der Waals surface area contributed by atoms with Crippen LogP contribution in [0.2, 0.25) is 0 Å². The summed E-state index contributed by atoms with van der Waals surface area (Å²) in [6.45, 7) is 6.05. The van der Waals surface area contributed by atoms with E-state index >= 15 is 0 Å². The summed E-state index contributed by atoms with van der Waals surface area (Å²) in [5, 5.41) is 7.84. The molecule has 23 heavy (non-hydrogen) atoms. The molecule has 1 aromatic carbocycles. The largest absolute Gasteiger partial charge is 0.373 e. The van der Waals surface area contributed by atoms with Crippen molar-refractivity contribution in [1.82, 2.24) is 14.6 Å². The van der Waals surface area contributed by atoms with Crippen LogP contribution in [0.25, 0.3) is 5.65 Å². The van der Waals surface area contributed by atoms with Crippen molar-refractivity contribution in [2.45, 2.75) is 19.8 Å². The standard InChI is InChI=1S/C18H23N5/c1-14(2)16-13-18(23-17(21-16)9-10-20-23)19-11-12-22(3)15-7-5-4-6-8-15/h4-10,13-14,19H,11-12H2,1-3H3. The summed E-state index contributed by atoms with van der Waals surface area (Å²) >= 11 is 0. The van der Waals surface area contributed by atoms with Crippen LogP contribution in [-0.2, 0) is 0 Å². The molecule has 0 aliphatic heterocycles. The summed E-state index contributed by atoms with van der Waals surface area (Å²) in [5.74, 6) is 1.38. The first-order valence-electron chi connectivity index (χ1n) is 8.00. The zero-order chi connectivity index (χ0) is 16.2. The van der Waals surface area contributed by atoms with Gasteiger partial charge in [0.2, 0.25) is 0 Å². The molecule has 0 atom stereocenters. The minimum atomic E-state index is 0.391. The van der Waals surface area contributed by atoms with Gasteiger partial charge in [-0.15, -0.1) is 0 Å². The Kier molecular flexibility index (Phi) is 4.46. The van der Waals surface area contributed by atoms with Crippen molar-refractivity contribution in [3.8, 4) is 0 Å². The van der Waals surface area contributed by atoms with E-state index in [0.29, 0.717) is 5.92 Å². The SMILES string of the molecule is CC(C)c1cc(NCCN(C)c2ccccc2)n2nccc2n1. The van der Waals surface area contributed by atoms with Gasteiger partial charge in [0, 0.05) is 43.7 Å². The third kappa shape index (κ3) is 3.44. The topological polar surface area (TPSA) is 45.5 Å². The Labute approximate surface area is 137 Å². The molecule has 0 radical (unpaired) electrons. The molecule has 0 saturated heterocycles. The van der Waals surface area contributed by atoms with E-state index < -0.39 is 0 Å². The molecular formula is C18H23N5. The molecule has 3 rings (SSSR count). The summed E-state index contributed by atoms with van der Waals surface area (Å²) in [4.78, 5) is 6.87. The molecule has 5 nitrogen and oxygen atoms in total. The zero-order valence-electron chi connectivity index (χ0n) is 13.9. The maximum Gasteiger partial charge on any atom is 0.157 e. The molecule has 3 aromatic rings. The molecule has 0 fully saturated rings. The minimum absolute atomic E-state index is 0.391. The Morgan fingerprint density at radius 2 is 1.96 bits per heavy atom. The Morgan fingerprint density at radius 1 is 1.17 bits per heavy atom. The van der Waals surface area contributed by atoms with Gasteiger partial charge in [-0.2, -0.15) is 9.61 Å². The van der Waals surface area contributed by atoms with Crippen LogP contribution >= 0.6 is 0 Å². The van der Waals surface area contributed by atoms with Gasteiger partial charge in [0.15, 0.2) is 5.65 Å². The van der Waals surface area contributed by atoms with Crippen LogP contribution in [0.3, 0.4) is 0 Å². The fourth-order valence-electron chi connectivity index (χ4n) is 2.52. The maximum atomic E-state index is 4.64. The van der Waals surface area contributed by atoms with E-state index in [9.17, 15) is 0 Å². The van der Waals surface area contributed by atoms with E-state index in [0.717, 1.165) is 30.2 Å². The second-order valence-corrected chi connectivity index (χ2v) is 6.01. The third-order valence-corrected chi connectivity index (χ3v) is 3.92. The number of nitrogens with one attached hydrogen (secondary N) is 1. The van der Waals surface area contributed by atoms with Gasteiger partial charge in [-0.05, 0) is 18.1 Å². The highest BCUT2D eigenvalue weighted by Crippen LogP contribution is 2.18. The minimum Gasteiger partial charge on any atom is -0.373 e. The number of benzene rings is 1. The number of hydrogen-bond donors (Lipinski definition) is 1. The van der Waals surface area contributed by atoms with Gasteiger partial charge >= 0.3 is 0 Å². The lowest BCUT2D eigenvalue weighted by atomic mass is 10.1. The molecule has 0 amide bonds. The van der Waals surface area contributed by atoms with E-state index in [1.54, 1.807) is 6.20 Å². The molecule has 5 heteroatoms. The number of nitrogens with zero attached hydrogens (tertiary/aromatic N) is 4. The first-order chi connectivity index (χ1) is 11.1. The number of hydrogen-bond acceptors (Lipinski definition) is 4. The number of para-hydroxylation sites is 1. The van der Waals surface area contributed by atoms with E-state index in [1.807, 2.05) is 16.6 Å². The molecule has 0 aliphatic carbocycles. The summed E-state index contributed by atoms with van der Waals surface area (Å²) < 4.78 is 1.86. The monoisotopic (exact) mass is 309 g/mol. The molecular weight excluding hydrogens is 286 g/mol. The second kappa shape index (κ2) is 6.69. The average molecular weight is 309 g/mol. The Balaban J connectivity index is 1.70. The Morgan fingerprint density at radius 3 is 2.70 bits per heavy atom. The van der Waals surface area contributed by atoms with Gasteiger partial charge < -0.3 is 10.2 Å². The van der Waals surface area contributed by atoms with Gasteiger partial charge in [0.05, 0.1) is 6.20 Å². The van der Waals surface area contributed by atoms with Crippen LogP contribution in [0, 0.1) is 0 Å².